The average molecular weight is 361 g/mol. The number of carbonyl (C=O) groups is 1. The van der Waals surface area contributed by atoms with Crippen LogP contribution in [0.15, 0.2) is 53.5 Å². The third-order valence-electron chi connectivity index (χ3n) is 5.23. The first-order valence-electron chi connectivity index (χ1n) is 9.41. The molecule has 0 spiro atoms. The monoisotopic (exact) mass is 361 g/mol. The van der Waals surface area contributed by atoms with Crippen molar-refractivity contribution in [3.05, 3.63) is 65.2 Å². The molecule has 0 unspecified atom stereocenters. The van der Waals surface area contributed by atoms with E-state index >= 15 is 0 Å². The predicted octanol–water partition coefficient (Wildman–Crippen LogP) is 4.14. The van der Waals surface area contributed by atoms with Crippen LogP contribution < -0.4 is 5.73 Å². The number of nitrogens with zero attached hydrogens (tertiary/aromatic N) is 1. The minimum Gasteiger partial charge on any atom is -0.494 e. The molecule has 5 heteroatoms. The molecule has 3 aromatic rings. The maximum absolute atomic E-state index is 11.5. The molecule has 0 bridgehead atoms. The molecule has 0 radical (unpaired) electrons. The summed E-state index contributed by atoms with van der Waals surface area (Å²) in [6.45, 7) is 0. The van der Waals surface area contributed by atoms with Gasteiger partial charge in [-0.2, -0.15) is 0 Å². The van der Waals surface area contributed by atoms with Gasteiger partial charge in [0.15, 0.2) is 5.88 Å². The number of aromatic nitrogens is 1. The molecule has 5 nitrogen and oxygen atoms in total. The standard InChI is InChI=1S/C22H23N3O2/c23-21(26)15-11-12-17-18(13-15)25-22(27)19(17)20(14-7-3-1-4-8-14)24-16-9-5-2-6-10-16/h1,3-4,7-8,11-13,16,25,27H,2,5-6,9-10H2,(H2,23,26). The van der Waals surface area contributed by atoms with Crippen LogP contribution in [0, 0.1) is 0 Å². The quantitative estimate of drug-likeness (QED) is 0.609. The summed E-state index contributed by atoms with van der Waals surface area (Å²) in [5.74, 6) is -0.434. The third kappa shape index (κ3) is 3.45. The lowest BCUT2D eigenvalue weighted by Gasteiger charge is -2.19. The summed E-state index contributed by atoms with van der Waals surface area (Å²) in [6, 6.07) is 15.4. The van der Waals surface area contributed by atoms with Crippen molar-refractivity contribution in [1.29, 1.82) is 0 Å². The molecule has 4 rings (SSSR count). The molecule has 1 saturated carbocycles. The van der Waals surface area contributed by atoms with E-state index in [4.69, 9.17) is 10.7 Å². The van der Waals surface area contributed by atoms with E-state index in [0.29, 0.717) is 16.6 Å². The summed E-state index contributed by atoms with van der Waals surface area (Å²) < 4.78 is 0. The molecular formula is C22H23N3O2. The Morgan fingerprint density at radius 1 is 1.04 bits per heavy atom. The van der Waals surface area contributed by atoms with E-state index in [1.165, 1.54) is 19.3 Å². The van der Waals surface area contributed by atoms with Gasteiger partial charge in [-0.1, -0.05) is 55.7 Å². The Bertz CT molecular complexity index is 999. The highest BCUT2D eigenvalue weighted by Crippen LogP contribution is 2.32. The number of aromatic hydroxyl groups is 1. The number of primary amides is 1. The lowest BCUT2D eigenvalue weighted by molar-refractivity contribution is 0.100. The fourth-order valence-corrected chi connectivity index (χ4v) is 3.85. The van der Waals surface area contributed by atoms with Gasteiger partial charge in [0.05, 0.1) is 17.3 Å². The Morgan fingerprint density at radius 2 is 1.78 bits per heavy atom. The molecule has 4 N–H and O–H groups in total. The van der Waals surface area contributed by atoms with Gasteiger partial charge in [0.2, 0.25) is 5.91 Å². The van der Waals surface area contributed by atoms with Gasteiger partial charge in [0.1, 0.15) is 0 Å². The van der Waals surface area contributed by atoms with E-state index in [2.05, 4.69) is 4.98 Å². The van der Waals surface area contributed by atoms with Crippen LogP contribution >= 0.6 is 0 Å². The minimum atomic E-state index is -0.494. The molecule has 0 saturated heterocycles. The second kappa shape index (κ2) is 7.27. The van der Waals surface area contributed by atoms with E-state index < -0.39 is 5.91 Å². The van der Waals surface area contributed by atoms with Gasteiger partial charge >= 0.3 is 0 Å². The number of benzene rings is 2. The van der Waals surface area contributed by atoms with Crippen LogP contribution in [0.2, 0.25) is 0 Å². The number of amides is 1. The highest BCUT2D eigenvalue weighted by Gasteiger charge is 2.21. The molecule has 27 heavy (non-hydrogen) atoms. The van der Waals surface area contributed by atoms with Gasteiger partial charge in [-0.15, -0.1) is 0 Å². The van der Waals surface area contributed by atoms with E-state index in [-0.39, 0.29) is 11.9 Å². The van der Waals surface area contributed by atoms with Crippen LogP contribution in [0.5, 0.6) is 5.88 Å². The van der Waals surface area contributed by atoms with Gasteiger partial charge in [0.25, 0.3) is 0 Å². The first kappa shape index (κ1) is 17.3. The van der Waals surface area contributed by atoms with Crippen molar-refractivity contribution >= 4 is 22.5 Å². The van der Waals surface area contributed by atoms with Gasteiger partial charge < -0.3 is 15.8 Å². The summed E-state index contributed by atoms with van der Waals surface area (Å²) in [7, 11) is 0. The average Bonchev–Trinajstić information content (AvgIpc) is 3.02. The molecule has 1 fully saturated rings. The van der Waals surface area contributed by atoms with Gasteiger partial charge in [-0.05, 0) is 25.0 Å². The number of hydrogen-bond donors (Lipinski definition) is 3. The Morgan fingerprint density at radius 3 is 2.48 bits per heavy atom. The first-order valence-corrected chi connectivity index (χ1v) is 9.41. The SMILES string of the molecule is NC(=O)c1ccc2c(C(=NC3CCCCC3)c3ccccc3)c(O)[nH]c2c1. The lowest BCUT2D eigenvalue weighted by Crippen LogP contribution is -2.14. The van der Waals surface area contributed by atoms with Gasteiger partial charge in [0, 0.05) is 22.0 Å². The van der Waals surface area contributed by atoms with E-state index in [0.717, 1.165) is 29.5 Å². The number of hydrogen-bond acceptors (Lipinski definition) is 3. The predicted molar refractivity (Wildman–Crippen MR) is 107 cm³/mol. The van der Waals surface area contributed by atoms with Crippen LogP contribution in [0.1, 0.15) is 53.6 Å². The molecule has 0 atom stereocenters. The molecule has 1 heterocycles. The Kier molecular flexibility index (Phi) is 4.67. The van der Waals surface area contributed by atoms with Crippen molar-refractivity contribution in [2.45, 2.75) is 38.1 Å². The van der Waals surface area contributed by atoms with E-state index in [1.54, 1.807) is 12.1 Å². The fraction of sp³-hybridized carbons (Fsp3) is 0.273. The highest BCUT2D eigenvalue weighted by atomic mass is 16.3. The van der Waals surface area contributed by atoms with Crippen LogP contribution in [0.4, 0.5) is 0 Å². The normalized spacial score (nSPS) is 15.9. The Balaban J connectivity index is 1.88. The van der Waals surface area contributed by atoms with E-state index in [1.807, 2.05) is 36.4 Å². The molecule has 0 aliphatic heterocycles. The first-order chi connectivity index (χ1) is 13.1. The minimum absolute atomic E-state index is 0.0602. The fourth-order valence-electron chi connectivity index (χ4n) is 3.85. The number of nitrogens with two attached hydrogens (primary N) is 1. The summed E-state index contributed by atoms with van der Waals surface area (Å²) in [6.07, 6.45) is 5.80. The van der Waals surface area contributed by atoms with Crippen molar-refractivity contribution in [1.82, 2.24) is 4.98 Å². The van der Waals surface area contributed by atoms with Crippen LogP contribution in [-0.2, 0) is 0 Å². The maximum Gasteiger partial charge on any atom is 0.248 e. The molecule has 1 aliphatic carbocycles. The molecule has 2 aromatic carbocycles. The zero-order chi connectivity index (χ0) is 18.8. The second-order valence-electron chi connectivity index (χ2n) is 7.11. The third-order valence-corrected chi connectivity index (χ3v) is 5.23. The molecule has 138 valence electrons. The second-order valence-corrected chi connectivity index (χ2v) is 7.11. The number of aromatic amines is 1. The summed E-state index contributed by atoms with van der Waals surface area (Å²) >= 11 is 0. The largest absolute Gasteiger partial charge is 0.494 e. The molecular weight excluding hydrogens is 338 g/mol. The highest BCUT2D eigenvalue weighted by molar-refractivity contribution is 6.21. The number of nitrogens with one attached hydrogen (secondary N) is 1. The number of aliphatic imine (C=N–C) groups is 1. The van der Waals surface area contributed by atoms with Gasteiger partial charge in [-0.3, -0.25) is 9.79 Å². The van der Waals surface area contributed by atoms with Crippen molar-refractivity contribution in [3.8, 4) is 5.88 Å². The van der Waals surface area contributed by atoms with Crippen LogP contribution in [0.25, 0.3) is 10.9 Å². The van der Waals surface area contributed by atoms with E-state index in [9.17, 15) is 9.90 Å². The zero-order valence-electron chi connectivity index (χ0n) is 15.1. The zero-order valence-corrected chi connectivity index (χ0v) is 15.1. The molecule has 1 amide bonds. The smallest absolute Gasteiger partial charge is 0.248 e. The van der Waals surface area contributed by atoms with Crippen LogP contribution in [-0.4, -0.2) is 27.8 Å². The Hall–Kier alpha value is -3.08. The topological polar surface area (TPSA) is 91.5 Å². The van der Waals surface area contributed by atoms with Crippen molar-refractivity contribution < 1.29 is 9.90 Å². The number of carbonyl (C=O) groups excluding carboxylic acids is 1. The molecule has 1 aromatic heterocycles. The lowest BCUT2D eigenvalue weighted by atomic mass is 9.94. The van der Waals surface area contributed by atoms with Gasteiger partial charge in [-0.25, -0.2) is 0 Å². The Labute approximate surface area is 157 Å². The van der Waals surface area contributed by atoms with Crippen molar-refractivity contribution in [2.24, 2.45) is 10.7 Å². The summed E-state index contributed by atoms with van der Waals surface area (Å²) in [5.41, 5.74) is 8.90. The number of fused-ring (bicyclic) bond motifs is 1. The maximum atomic E-state index is 11.5. The number of H-pyrrole nitrogens is 1. The van der Waals surface area contributed by atoms with Crippen LogP contribution in [0.3, 0.4) is 0 Å². The van der Waals surface area contributed by atoms with Crippen molar-refractivity contribution in [3.63, 3.8) is 0 Å². The molecule has 1 aliphatic rings. The summed E-state index contributed by atoms with van der Waals surface area (Å²) in [4.78, 5) is 19.5. The number of rotatable bonds is 4. The summed E-state index contributed by atoms with van der Waals surface area (Å²) in [5, 5.41) is 11.5. The van der Waals surface area contributed by atoms with Crippen molar-refractivity contribution in [2.75, 3.05) is 0 Å².